The van der Waals surface area contributed by atoms with Crippen LogP contribution in [0.1, 0.15) is 48.4 Å². The van der Waals surface area contributed by atoms with Crippen molar-refractivity contribution in [2.45, 2.75) is 51.4 Å². The highest BCUT2D eigenvalue weighted by molar-refractivity contribution is 7.18. The Morgan fingerprint density at radius 2 is 1.91 bits per heavy atom. The van der Waals surface area contributed by atoms with Crippen LogP contribution in [-0.4, -0.2) is 34.5 Å². The average Bonchev–Trinajstić information content (AvgIpc) is 2.92. The molecular formula is C17H23N3OS. The van der Waals surface area contributed by atoms with Crippen molar-refractivity contribution in [3.05, 3.63) is 26.6 Å². The zero-order valence-electron chi connectivity index (χ0n) is 13.0. The van der Waals surface area contributed by atoms with Gasteiger partial charge in [-0.1, -0.05) is 6.42 Å². The van der Waals surface area contributed by atoms with Crippen molar-refractivity contribution in [2.24, 2.45) is 0 Å². The largest absolute Gasteiger partial charge is 0.310 e. The number of likely N-dealkylation sites (tertiary alicyclic amines) is 1. The molecule has 1 N–H and O–H groups in total. The third-order valence-corrected chi connectivity index (χ3v) is 6.17. The Bertz CT molecular complexity index is 727. The Hall–Kier alpha value is -1.20. The van der Waals surface area contributed by atoms with Gasteiger partial charge < -0.3 is 9.88 Å². The van der Waals surface area contributed by atoms with E-state index in [-0.39, 0.29) is 5.56 Å². The van der Waals surface area contributed by atoms with Crippen LogP contribution in [0.15, 0.2) is 4.79 Å². The maximum absolute atomic E-state index is 12.5. The molecule has 0 radical (unpaired) electrons. The highest BCUT2D eigenvalue weighted by Crippen LogP contribution is 2.33. The summed E-state index contributed by atoms with van der Waals surface area (Å²) in [6.07, 6.45) is 9.45. The van der Waals surface area contributed by atoms with Crippen LogP contribution in [-0.2, 0) is 19.3 Å². The first kappa shape index (κ1) is 14.4. The van der Waals surface area contributed by atoms with E-state index in [1.165, 1.54) is 55.6 Å². The second kappa shape index (κ2) is 6.13. The topological polar surface area (TPSA) is 49.0 Å². The molecule has 1 aliphatic heterocycles. The van der Waals surface area contributed by atoms with Crippen LogP contribution in [0.5, 0.6) is 0 Å². The molecule has 0 spiro atoms. The number of hydrogen-bond acceptors (Lipinski definition) is 4. The summed E-state index contributed by atoms with van der Waals surface area (Å²) in [4.78, 5) is 25.1. The van der Waals surface area contributed by atoms with Gasteiger partial charge in [0.15, 0.2) is 0 Å². The summed E-state index contributed by atoms with van der Waals surface area (Å²) in [5.74, 6) is 0.863. The fourth-order valence-corrected chi connectivity index (χ4v) is 5.05. The number of H-pyrrole nitrogens is 1. The van der Waals surface area contributed by atoms with Crippen LogP contribution < -0.4 is 5.56 Å². The highest BCUT2D eigenvalue weighted by atomic mass is 32.1. The summed E-state index contributed by atoms with van der Waals surface area (Å²) in [5.41, 5.74) is 1.36. The van der Waals surface area contributed by atoms with Gasteiger partial charge in [-0.2, -0.15) is 0 Å². The number of aromatic amines is 1. The SMILES string of the molecule is O=c1[nH]c(CCN2CCCCC2)nc2sc3c(c12)CCCC3. The van der Waals surface area contributed by atoms with Gasteiger partial charge in [0, 0.05) is 17.8 Å². The molecule has 1 saturated heterocycles. The number of rotatable bonds is 3. The lowest BCUT2D eigenvalue weighted by Gasteiger charge is -2.25. The zero-order chi connectivity index (χ0) is 14.9. The first-order chi connectivity index (χ1) is 10.8. The quantitative estimate of drug-likeness (QED) is 0.947. The van der Waals surface area contributed by atoms with Gasteiger partial charge in [0.2, 0.25) is 0 Å². The van der Waals surface area contributed by atoms with E-state index in [1.54, 1.807) is 11.3 Å². The van der Waals surface area contributed by atoms with Gasteiger partial charge in [-0.15, -0.1) is 11.3 Å². The summed E-state index contributed by atoms with van der Waals surface area (Å²) in [5, 5.41) is 0.876. The maximum atomic E-state index is 12.5. The molecule has 22 heavy (non-hydrogen) atoms. The smallest absolute Gasteiger partial charge is 0.259 e. The van der Waals surface area contributed by atoms with Crippen molar-refractivity contribution in [1.82, 2.24) is 14.9 Å². The number of aromatic nitrogens is 2. The molecule has 2 aromatic rings. The minimum absolute atomic E-state index is 0.0815. The van der Waals surface area contributed by atoms with E-state index in [2.05, 4.69) is 9.88 Å². The van der Waals surface area contributed by atoms with E-state index in [0.29, 0.717) is 0 Å². The fraction of sp³-hybridized carbons (Fsp3) is 0.647. The van der Waals surface area contributed by atoms with Crippen LogP contribution in [0.3, 0.4) is 0 Å². The molecule has 0 amide bonds. The molecule has 5 heteroatoms. The Morgan fingerprint density at radius 1 is 1.09 bits per heavy atom. The number of aryl methyl sites for hydroxylation is 2. The molecule has 118 valence electrons. The minimum Gasteiger partial charge on any atom is -0.310 e. The van der Waals surface area contributed by atoms with Gasteiger partial charge in [-0.05, 0) is 57.2 Å². The lowest BCUT2D eigenvalue weighted by molar-refractivity contribution is 0.230. The number of piperidine rings is 1. The molecule has 2 aromatic heterocycles. The Morgan fingerprint density at radius 3 is 2.77 bits per heavy atom. The lowest BCUT2D eigenvalue weighted by Crippen LogP contribution is -2.32. The van der Waals surface area contributed by atoms with Gasteiger partial charge >= 0.3 is 0 Å². The molecule has 4 rings (SSSR count). The molecule has 0 saturated carbocycles. The van der Waals surface area contributed by atoms with E-state index in [0.717, 1.165) is 41.8 Å². The van der Waals surface area contributed by atoms with Crippen LogP contribution in [0.2, 0.25) is 0 Å². The second-order valence-corrected chi connectivity index (χ2v) is 7.64. The molecule has 0 atom stereocenters. The molecule has 2 aliphatic rings. The van der Waals surface area contributed by atoms with E-state index in [9.17, 15) is 4.79 Å². The third-order valence-electron chi connectivity index (χ3n) is 4.99. The standard InChI is InChI=1S/C17H23N3OS/c21-16-15-12-6-2-3-7-13(12)22-17(15)19-14(18-16)8-11-20-9-4-1-5-10-20/h1-11H2,(H,18,19,21). The maximum Gasteiger partial charge on any atom is 0.259 e. The van der Waals surface area contributed by atoms with Gasteiger partial charge in [-0.25, -0.2) is 4.98 Å². The van der Waals surface area contributed by atoms with E-state index >= 15 is 0 Å². The van der Waals surface area contributed by atoms with E-state index in [4.69, 9.17) is 4.98 Å². The number of thiophene rings is 1. The highest BCUT2D eigenvalue weighted by Gasteiger charge is 2.20. The van der Waals surface area contributed by atoms with Crippen molar-refractivity contribution in [3.8, 4) is 0 Å². The summed E-state index contributed by atoms with van der Waals surface area (Å²) in [6.45, 7) is 3.40. The zero-order valence-corrected chi connectivity index (χ0v) is 13.8. The second-order valence-electron chi connectivity index (χ2n) is 6.56. The van der Waals surface area contributed by atoms with Crippen molar-refractivity contribution >= 4 is 21.6 Å². The fourth-order valence-electron chi connectivity index (χ4n) is 3.77. The molecule has 4 nitrogen and oxygen atoms in total. The number of nitrogens with one attached hydrogen (secondary N) is 1. The van der Waals surface area contributed by atoms with Crippen LogP contribution >= 0.6 is 11.3 Å². The minimum atomic E-state index is 0.0815. The normalized spacial score (nSPS) is 19.5. The van der Waals surface area contributed by atoms with Crippen molar-refractivity contribution in [3.63, 3.8) is 0 Å². The number of hydrogen-bond donors (Lipinski definition) is 1. The van der Waals surface area contributed by atoms with Gasteiger partial charge in [0.05, 0.1) is 5.39 Å². The summed E-state index contributed by atoms with van der Waals surface area (Å²) in [6, 6.07) is 0. The van der Waals surface area contributed by atoms with Crippen molar-refractivity contribution in [2.75, 3.05) is 19.6 Å². The predicted molar refractivity (Wildman–Crippen MR) is 90.9 cm³/mol. The Balaban J connectivity index is 1.58. The number of nitrogens with zero attached hydrogens (tertiary/aromatic N) is 2. The van der Waals surface area contributed by atoms with E-state index < -0.39 is 0 Å². The van der Waals surface area contributed by atoms with Crippen LogP contribution in [0, 0.1) is 0 Å². The molecule has 0 aromatic carbocycles. The molecule has 0 unspecified atom stereocenters. The van der Waals surface area contributed by atoms with Gasteiger partial charge in [0.25, 0.3) is 5.56 Å². The lowest BCUT2D eigenvalue weighted by atomic mass is 9.97. The first-order valence-corrected chi connectivity index (χ1v) is 9.39. The van der Waals surface area contributed by atoms with Gasteiger partial charge in [-0.3, -0.25) is 4.79 Å². The molecule has 1 fully saturated rings. The average molecular weight is 317 g/mol. The summed E-state index contributed by atoms with van der Waals surface area (Å²) >= 11 is 1.74. The summed E-state index contributed by atoms with van der Waals surface area (Å²) in [7, 11) is 0. The van der Waals surface area contributed by atoms with E-state index in [1.807, 2.05) is 0 Å². The van der Waals surface area contributed by atoms with Gasteiger partial charge in [0.1, 0.15) is 10.7 Å². The monoisotopic (exact) mass is 317 g/mol. The van der Waals surface area contributed by atoms with Crippen LogP contribution in [0.25, 0.3) is 10.2 Å². The summed E-state index contributed by atoms with van der Waals surface area (Å²) < 4.78 is 0. The molecule has 1 aliphatic carbocycles. The third kappa shape index (κ3) is 2.72. The predicted octanol–water partition coefficient (Wildman–Crippen LogP) is 2.89. The molecule has 0 bridgehead atoms. The number of fused-ring (bicyclic) bond motifs is 3. The molecular weight excluding hydrogens is 294 g/mol. The Kier molecular flexibility index (Phi) is 4.01. The van der Waals surface area contributed by atoms with Crippen molar-refractivity contribution < 1.29 is 0 Å². The van der Waals surface area contributed by atoms with Crippen LogP contribution in [0.4, 0.5) is 0 Å². The first-order valence-electron chi connectivity index (χ1n) is 8.57. The Labute approximate surface area is 134 Å². The molecule has 3 heterocycles. The van der Waals surface area contributed by atoms with Crippen molar-refractivity contribution in [1.29, 1.82) is 0 Å².